The minimum absolute atomic E-state index is 0.628. The highest BCUT2D eigenvalue weighted by molar-refractivity contribution is 9.10. The fraction of sp³-hybridized carbons (Fsp3) is 0.538. The van der Waals surface area contributed by atoms with E-state index in [1.807, 2.05) is 19.1 Å². The minimum Gasteiger partial charge on any atom is -0.495 e. The molecule has 0 radical (unpaired) electrons. The highest BCUT2D eigenvalue weighted by Crippen LogP contribution is 2.42. The van der Waals surface area contributed by atoms with Gasteiger partial charge < -0.3 is 14.6 Å². The maximum atomic E-state index is 10.4. The highest BCUT2D eigenvalue weighted by atomic mass is 79.9. The molecule has 17 heavy (non-hydrogen) atoms. The lowest BCUT2D eigenvalue weighted by molar-refractivity contribution is 0.0443. The molecule has 1 N–H and O–H groups in total. The van der Waals surface area contributed by atoms with E-state index >= 15 is 0 Å². The van der Waals surface area contributed by atoms with Crippen molar-refractivity contribution in [3.05, 3.63) is 22.2 Å². The maximum Gasteiger partial charge on any atom is 0.142 e. The van der Waals surface area contributed by atoms with Gasteiger partial charge in [-0.05, 0) is 41.4 Å². The lowest BCUT2D eigenvalue weighted by Crippen LogP contribution is -2.21. The van der Waals surface area contributed by atoms with E-state index in [9.17, 15) is 5.11 Å². The van der Waals surface area contributed by atoms with Crippen LogP contribution in [0, 0.1) is 0 Å². The van der Waals surface area contributed by atoms with Gasteiger partial charge in [-0.1, -0.05) is 13.3 Å². The number of ether oxygens (including phenoxy) is 2. The Balaban J connectivity index is 3.30. The molecule has 0 aromatic heterocycles. The smallest absolute Gasteiger partial charge is 0.142 e. The SMILES string of the molecule is CCCC(C)(O)c1ccc(OC)c(Br)c1OC. The molecule has 96 valence electrons. The van der Waals surface area contributed by atoms with Gasteiger partial charge in [0.1, 0.15) is 16.0 Å². The van der Waals surface area contributed by atoms with Crippen LogP contribution < -0.4 is 9.47 Å². The summed E-state index contributed by atoms with van der Waals surface area (Å²) in [6.45, 7) is 3.84. The first-order valence-corrected chi connectivity index (χ1v) is 6.40. The van der Waals surface area contributed by atoms with Crippen LogP contribution in [0.1, 0.15) is 32.3 Å². The topological polar surface area (TPSA) is 38.7 Å². The predicted octanol–water partition coefficient (Wildman–Crippen LogP) is 3.47. The van der Waals surface area contributed by atoms with E-state index < -0.39 is 5.60 Å². The Kier molecular flexibility index (Phi) is 4.83. The molecule has 1 atom stereocenters. The van der Waals surface area contributed by atoms with Crippen molar-refractivity contribution in [2.24, 2.45) is 0 Å². The summed E-state index contributed by atoms with van der Waals surface area (Å²) >= 11 is 3.43. The molecule has 0 bridgehead atoms. The Morgan fingerprint density at radius 2 is 1.94 bits per heavy atom. The molecule has 0 heterocycles. The molecule has 0 aliphatic rings. The van der Waals surface area contributed by atoms with Crippen molar-refractivity contribution in [3.63, 3.8) is 0 Å². The zero-order chi connectivity index (χ0) is 13.1. The van der Waals surface area contributed by atoms with Crippen LogP contribution in [0.25, 0.3) is 0 Å². The van der Waals surface area contributed by atoms with Crippen LogP contribution in [-0.4, -0.2) is 19.3 Å². The Hall–Kier alpha value is -0.740. The van der Waals surface area contributed by atoms with Gasteiger partial charge in [0.25, 0.3) is 0 Å². The van der Waals surface area contributed by atoms with Crippen molar-refractivity contribution in [2.45, 2.75) is 32.3 Å². The first-order valence-electron chi connectivity index (χ1n) is 5.61. The Bertz CT molecular complexity index is 388. The fourth-order valence-electron chi connectivity index (χ4n) is 1.94. The van der Waals surface area contributed by atoms with E-state index in [1.165, 1.54) is 0 Å². The van der Waals surface area contributed by atoms with Crippen molar-refractivity contribution >= 4 is 15.9 Å². The van der Waals surface area contributed by atoms with Gasteiger partial charge >= 0.3 is 0 Å². The molecule has 1 rings (SSSR count). The zero-order valence-electron chi connectivity index (χ0n) is 10.7. The van der Waals surface area contributed by atoms with Gasteiger partial charge in [0.15, 0.2) is 0 Å². The Morgan fingerprint density at radius 3 is 2.41 bits per heavy atom. The lowest BCUT2D eigenvalue weighted by Gasteiger charge is -2.26. The molecule has 0 saturated heterocycles. The lowest BCUT2D eigenvalue weighted by atomic mass is 9.90. The molecule has 1 aromatic carbocycles. The van der Waals surface area contributed by atoms with E-state index in [1.54, 1.807) is 21.1 Å². The van der Waals surface area contributed by atoms with Crippen LogP contribution in [0.4, 0.5) is 0 Å². The Labute approximate surface area is 111 Å². The normalized spacial score (nSPS) is 14.2. The second-order valence-corrected chi connectivity index (χ2v) is 4.98. The van der Waals surface area contributed by atoms with Crippen molar-refractivity contribution < 1.29 is 14.6 Å². The summed E-state index contributed by atoms with van der Waals surface area (Å²) in [7, 11) is 3.19. The fourth-order valence-corrected chi connectivity index (χ4v) is 2.61. The van der Waals surface area contributed by atoms with Crippen LogP contribution in [0.3, 0.4) is 0 Å². The first kappa shape index (κ1) is 14.3. The number of hydrogen-bond acceptors (Lipinski definition) is 3. The number of methoxy groups -OCH3 is 2. The number of rotatable bonds is 5. The third-order valence-corrected chi connectivity index (χ3v) is 3.55. The maximum absolute atomic E-state index is 10.4. The zero-order valence-corrected chi connectivity index (χ0v) is 12.3. The summed E-state index contributed by atoms with van der Waals surface area (Å²) in [5.41, 5.74) is -0.121. The molecule has 0 spiro atoms. The molecule has 1 aromatic rings. The second kappa shape index (κ2) is 5.74. The van der Waals surface area contributed by atoms with Gasteiger partial charge in [-0.25, -0.2) is 0 Å². The van der Waals surface area contributed by atoms with Gasteiger partial charge in [0.2, 0.25) is 0 Å². The predicted molar refractivity (Wildman–Crippen MR) is 71.7 cm³/mol. The van der Waals surface area contributed by atoms with Crippen molar-refractivity contribution in [3.8, 4) is 11.5 Å². The van der Waals surface area contributed by atoms with Crippen molar-refractivity contribution in [1.82, 2.24) is 0 Å². The van der Waals surface area contributed by atoms with Crippen LogP contribution >= 0.6 is 15.9 Å². The van der Waals surface area contributed by atoms with Gasteiger partial charge in [-0.2, -0.15) is 0 Å². The van der Waals surface area contributed by atoms with Crippen molar-refractivity contribution in [1.29, 1.82) is 0 Å². The van der Waals surface area contributed by atoms with E-state index in [4.69, 9.17) is 9.47 Å². The van der Waals surface area contributed by atoms with E-state index in [2.05, 4.69) is 15.9 Å². The number of halogens is 1. The molecule has 3 nitrogen and oxygen atoms in total. The summed E-state index contributed by atoms with van der Waals surface area (Å²) in [6.07, 6.45) is 1.59. The van der Waals surface area contributed by atoms with Crippen LogP contribution in [0.5, 0.6) is 11.5 Å². The van der Waals surface area contributed by atoms with Gasteiger partial charge in [0.05, 0.1) is 19.8 Å². The molecular weight excluding hydrogens is 284 g/mol. The average molecular weight is 303 g/mol. The standard InChI is InChI=1S/C13H19BrO3/c1-5-8-13(2,15)9-6-7-10(16-3)11(14)12(9)17-4/h6-7,15H,5,8H2,1-4H3. The summed E-state index contributed by atoms with van der Waals surface area (Å²) < 4.78 is 11.3. The van der Waals surface area contributed by atoms with Crippen LogP contribution in [0.15, 0.2) is 16.6 Å². The van der Waals surface area contributed by atoms with Gasteiger partial charge in [0, 0.05) is 5.56 Å². The molecule has 0 saturated carbocycles. The van der Waals surface area contributed by atoms with Crippen LogP contribution in [0.2, 0.25) is 0 Å². The molecule has 0 amide bonds. The average Bonchev–Trinajstić information content (AvgIpc) is 2.28. The molecule has 0 aliphatic heterocycles. The molecule has 0 aliphatic carbocycles. The monoisotopic (exact) mass is 302 g/mol. The summed E-state index contributed by atoms with van der Waals surface area (Å²) in [5, 5.41) is 10.4. The number of aliphatic hydroxyl groups is 1. The number of benzene rings is 1. The molecular formula is C13H19BrO3. The van der Waals surface area contributed by atoms with Gasteiger partial charge in [-0.3, -0.25) is 0 Å². The molecule has 1 unspecified atom stereocenters. The Morgan fingerprint density at radius 1 is 1.29 bits per heavy atom. The van der Waals surface area contributed by atoms with Crippen molar-refractivity contribution in [2.75, 3.05) is 14.2 Å². The highest BCUT2D eigenvalue weighted by Gasteiger charge is 2.28. The molecule has 0 fully saturated rings. The third kappa shape index (κ3) is 2.93. The third-order valence-electron chi connectivity index (χ3n) is 2.80. The summed E-state index contributed by atoms with van der Waals surface area (Å²) in [4.78, 5) is 0. The largest absolute Gasteiger partial charge is 0.495 e. The summed E-state index contributed by atoms with van der Waals surface area (Å²) in [5.74, 6) is 1.32. The number of hydrogen-bond donors (Lipinski definition) is 1. The summed E-state index contributed by atoms with van der Waals surface area (Å²) in [6, 6.07) is 3.67. The second-order valence-electron chi connectivity index (χ2n) is 4.19. The van der Waals surface area contributed by atoms with Gasteiger partial charge in [-0.15, -0.1) is 0 Å². The van der Waals surface area contributed by atoms with E-state index in [-0.39, 0.29) is 0 Å². The van der Waals surface area contributed by atoms with E-state index in [0.717, 1.165) is 16.5 Å². The first-order chi connectivity index (χ1) is 7.97. The quantitative estimate of drug-likeness (QED) is 0.905. The van der Waals surface area contributed by atoms with Crippen LogP contribution in [-0.2, 0) is 5.60 Å². The van der Waals surface area contributed by atoms with E-state index in [0.29, 0.717) is 17.9 Å². The minimum atomic E-state index is -0.894. The molecule has 4 heteroatoms.